The van der Waals surface area contributed by atoms with E-state index < -0.39 is 32.7 Å². The van der Waals surface area contributed by atoms with Crippen molar-refractivity contribution in [3.05, 3.63) is 35.9 Å². The van der Waals surface area contributed by atoms with Crippen LogP contribution in [0.3, 0.4) is 0 Å². The lowest BCUT2D eigenvalue weighted by Gasteiger charge is -2.37. The maximum atomic E-state index is 10.3. The summed E-state index contributed by atoms with van der Waals surface area (Å²) in [5, 5.41) is 20.6. The first kappa shape index (κ1) is 17.6. The average Bonchev–Trinajstić information content (AvgIpc) is 2.73. The van der Waals surface area contributed by atoms with Gasteiger partial charge in [0.2, 0.25) is 0 Å². The van der Waals surface area contributed by atoms with Crippen LogP contribution in [-0.2, 0) is 9.16 Å². The molecule has 1 fully saturated rings. The molecule has 1 aliphatic rings. The molecule has 1 aromatic carbocycles. The van der Waals surface area contributed by atoms with E-state index in [9.17, 15) is 10.2 Å². The highest BCUT2D eigenvalue weighted by Crippen LogP contribution is 2.38. The molecule has 0 aliphatic carbocycles. The fourth-order valence-electron chi connectivity index (χ4n) is 2.31. The van der Waals surface area contributed by atoms with Gasteiger partial charge in [0.05, 0.1) is 6.61 Å². The molecule has 4 nitrogen and oxygen atoms in total. The van der Waals surface area contributed by atoms with Crippen LogP contribution in [-0.4, -0.2) is 43.4 Å². The first-order valence-corrected chi connectivity index (χ1v) is 10.7. The largest absolute Gasteiger partial charge is 0.414 e. The van der Waals surface area contributed by atoms with E-state index in [0.29, 0.717) is 6.61 Å². The fraction of sp³-hybridized carbons (Fsp3) is 0.647. The van der Waals surface area contributed by atoms with Gasteiger partial charge in [0, 0.05) is 0 Å². The SMILES string of the molecule is CC(C)(C)[Si](C)(C)OC[C@H]1O[C@@H](c2ccccc2)[C@H](O)[C@@H]1O. The van der Waals surface area contributed by atoms with Crippen LogP contribution >= 0.6 is 0 Å². The normalized spacial score (nSPS) is 29.8. The van der Waals surface area contributed by atoms with Crippen LogP contribution in [0.25, 0.3) is 0 Å². The second-order valence-electron chi connectivity index (χ2n) is 7.56. The van der Waals surface area contributed by atoms with Gasteiger partial charge in [0.25, 0.3) is 0 Å². The van der Waals surface area contributed by atoms with Crippen molar-refractivity contribution in [1.82, 2.24) is 0 Å². The molecule has 2 N–H and O–H groups in total. The number of benzene rings is 1. The third kappa shape index (κ3) is 3.60. The number of ether oxygens (including phenoxy) is 1. The molecule has 0 amide bonds. The zero-order chi connectivity index (χ0) is 16.5. The molecule has 0 unspecified atom stereocenters. The molecule has 5 heteroatoms. The van der Waals surface area contributed by atoms with Crippen LogP contribution in [0.5, 0.6) is 0 Å². The van der Waals surface area contributed by atoms with Crippen molar-refractivity contribution in [2.75, 3.05) is 6.61 Å². The number of rotatable bonds is 4. The molecule has 22 heavy (non-hydrogen) atoms. The molecule has 0 spiro atoms. The molecule has 1 aromatic rings. The van der Waals surface area contributed by atoms with Gasteiger partial charge in [-0.2, -0.15) is 0 Å². The van der Waals surface area contributed by atoms with Gasteiger partial charge in [-0.15, -0.1) is 0 Å². The maximum absolute atomic E-state index is 10.3. The van der Waals surface area contributed by atoms with E-state index in [4.69, 9.17) is 9.16 Å². The number of hydrogen-bond donors (Lipinski definition) is 2. The van der Waals surface area contributed by atoms with Crippen molar-refractivity contribution in [2.24, 2.45) is 0 Å². The molecule has 0 saturated carbocycles. The second-order valence-corrected chi connectivity index (χ2v) is 12.4. The Labute approximate surface area is 134 Å². The third-order valence-electron chi connectivity index (χ3n) is 4.91. The molecule has 0 bridgehead atoms. The highest BCUT2D eigenvalue weighted by Gasteiger charge is 2.45. The molecule has 1 heterocycles. The Bertz CT molecular complexity index is 483. The lowest BCUT2D eigenvalue weighted by atomic mass is 10.0. The van der Waals surface area contributed by atoms with Crippen LogP contribution in [0.15, 0.2) is 30.3 Å². The van der Waals surface area contributed by atoms with Crippen molar-refractivity contribution >= 4 is 8.32 Å². The molecule has 2 rings (SSSR count). The van der Waals surface area contributed by atoms with Gasteiger partial charge in [-0.3, -0.25) is 0 Å². The lowest BCUT2D eigenvalue weighted by molar-refractivity contribution is -0.0197. The van der Waals surface area contributed by atoms with Crippen molar-refractivity contribution in [3.63, 3.8) is 0 Å². The highest BCUT2D eigenvalue weighted by atomic mass is 28.4. The Morgan fingerprint density at radius 2 is 1.68 bits per heavy atom. The Morgan fingerprint density at radius 3 is 2.23 bits per heavy atom. The van der Waals surface area contributed by atoms with E-state index in [2.05, 4.69) is 33.9 Å². The molecule has 1 saturated heterocycles. The summed E-state index contributed by atoms with van der Waals surface area (Å²) in [4.78, 5) is 0. The minimum atomic E-state index is -1.90. The van der Waals surface area contributed by atoms with Gasteiger partial charge in [-0.1, -0.05) is 51.1 Å². The predicted octanol–water partition coefficient (Wildman–Crippen LogP) is 2.87. The van der Waals surface area contributed by atoms with Crippen molar-refractivity contribution in [3.8, 4) is 0 Å². The zero-order valence-corrected chi connectivity index (χ0v) is 15.1. The van der Waals surface area contributed by atoms with Gasteiger partial charge < -0.3 is 19.4 Å². The van der Waals surface area contributed by atoms with Crippen molar-refractivity contribution in [1.29, 1.82) is 0 Å². The predicted molar refractivity (Wildman–Crippen MR) is 89.2 cm³/mol. The van der Waals surface area contributed by atoms with Gasteiger partial charge in [0.15, 0.2) is 8.32 Å². The minimum absolute atomic E-state index is 0.105. The fourth-order valence-corrected chi connectivity index (χ4v) is 3.33. The lowest BCUT2D eigenvalue weighted by Crippen LogP contribution is -2.44. The summed E-state index contributed by atoms with van der Waals surface area (Å²) >= 11 is 0. The molecular weight excluding hydrogens is 296 g/mol. The summed E-state index contributed by atoms with van der Waals surface area (Å²) in [6.07, 6.45) is -2.83. The zero-order valence-electron chi connectivity index (χ0n) is 14.1. The van der Waals surface area contributed by atoms with Gasteiger partial charge >= 0.3 is 0 Å². The Kier molecular flexibility index (Phi) is 5.14. The quantitative estimate of drug-likeness (QED) is 0.836. The monoisotopic (exact) mass is 324 g/mol. The molecule has 4 atom stereocenters. The summed E-state index contributed by atoms with van der Waals surface area (Å²) in [7, 11) is -1.90. The summed E-state index contributed by atoms with van der Waals surface area (Å²) in [6.45, 7) is 11.2. The van der Waals surface area contributed by atoms with E-state index in [1.54, 1.807) is 0 Å². The third-order valence-corrected chi connectivity index (χ3v) is 9.41. The Hall–Kier alpha value is -0.723. The van der Waals surface area contributed by atoms with Crippen LogP contribution < -0.4 is 0 Å². The van der Waals surface area contributed by atoms with E-state index in [0.717, 1.165) is 5.56 Å². The molecule has 1 aliphatic heterocycles. The topological polar surface area (TPSA) is 58.9 Å². The first-order valence-electron chi connectivity index (χ1n) is 7.84. The molecule has 0 radical (unpaired) electrons. The minimum Gasteiger partial charge on any atom is -0.414 e. The summed E-state index contributed by atoms with van der Waals surface area (Å²) in [5.74, 6) is 0. The van der Waals surface area contributed by atoms with Crippen LogP contribution in [0.4, 0.5) is 0 Å². The maximum Gasteiger partial charge on any atom is 0.192 e. The number of aliphatic hydroxyl groups is 2. The van der Waals surface area contributed by atoms with E-state index in [1.807, 2.05) is 30.3 Å². The Balaban J connectivity index is 2.02. The molecule has 124 valence electrons. The van der Waals surface area contributed by atoms with Crippen LogP contribution in [0.2, 0.25) is 18.1 Å². The highest BCUT2D eigenvalue weighted by molar-refractivity contribution is 6.74. The standard InChI is InChI=1S/C17H28O4Si/c1-17(2,3)22(4,5)20-11-13-14(18)15(19)16(21-13)12-9-7-6-8-10-12/h6-10,13-16,18-19H,11H2,1-5H3/t13-,14-,15-,16+/m1/s1. The molecular formula is C17H28O4Si. The second kappa shape index (κ2) is 6.41. The van der Waals surface area contributed by atoms with Gasteiger partial charge in [0.1, 0.15) is 24.4 Å². The average molecular weight is 324 g/mol. The number of aliphatic hydroxyl groups excluding tert-OH is 2. The van der Waals surface area contributed by atoms with Crippen LogP contribution in [0, 0.1) is 0 Å². The first-order chi connectivity index (χ1) is 10.1. The summed E-state index contributed by atoms with van der Waals surface area (Å²) < 4.78 is 12.0. The van der Waals surface area contributed by atoms with E-state index in [1.165, 1.54) is 0 Å². The van der Waals surface area contributed by atoms with Crippen molar-refractivity contribution < 1.29 is 19.4 Å². The van der Waals surface area contributed by atoms with Crippen molar-refractivity contribution in [2.45, 2.75) is 63.3 Å². The van der Waals surface area contributed by atoms with E-state index >= 15 is 0 Å². The number of hydrogen-bond acceptors (Lipinski definition) is 4. The van der Waals surface area contributed by atoms with E-state index in [-0.39, 0.29) is 5.04 Å². The summed E-state index contributed by atoms with van der Waals surface area (Å²) in [6, 6.07) is 9.52. The van der Waals surface area contributed by atoms with Crippen LogP contribution in [0.1, 0.15) is 32.4 Å². The molecule has 0 aromatic heterocycles. The van der Waals surface area contributed by atoms with Gasteiger partial charge in [-0.25, -0.2) is 0 Å². The van der Waals surface area contributed by atoms with Gasteiger partial charge in [-0.05, 0) is 23.7 Å². The smallest absolute Gasteiger partial charge is 0.192 e. The Morgan fingerprint density at radius 1 is 1.09 bits per heavy atom. The summed E-state index contributed by atoms with van der Waals surface area (Å²) in [5.41, 5.74) is 0.879.